The van der Waals surface area contributed by atoms with Gasteiger partial charge in [0.05, 0.1) is 22.0 Å². The zero-order valence-corrected chi connectivity index (χ0v) is 13.2. The minimum atomic E-state index is 0.195. The molecule has 1 aromatic carbocycles. The second kappa shape index (κ2) is 5.63. The van der Waals surface area contributed by atoms with Crippen molar-refractivity contribution in [2.24, 2.45) is 0 Å². The minimum Gasteiger partial charge on any atom is -0.305 e. The largest absolute Gasteiger partial charge is 0.305 e. The van der Waals surface area contributed by atoms with Crippen LogP contribution in [0.25, 0.3) is 20.7 Å². The van der Waals surface area contributed by atoms with Gasteiger partial charge in [-0.25, -0.2) is 9.97 Å². The van der Waals surface area contributed by atoms with Gasteiger partial charge < -0.3 is 5.32 Å². The van der Waals surface area contributed by atoms with Crippen LogP contribution >= 0.6 is 11.3 Å². The Morgan fingerprint density at radius 1 is 1.18 bits per heavy atom. The lowest BCUT2D eigenvalue weighted by Crippen LogP contribution is -2.24. The molecule has 3 heterocycles. The number of hydrogen-bond acceptors (Lipinski definition) is 4. The van der Waals surface area contributed by atoms with Gasteiger partial charge in [-0.2, -0.15) is 0 Å². The highest BCUT2D eigenvalue weighted by Gasteiger charge is 2.18. The summed E-state index contributed by atoms with van der Waals surface area (Å²) in [6.45, 7) is 2.97. The summed E-state index contributed by atoms with van der Waals surface area (Å²) in [6.07, 6.45) is 5.53. The lowest BCUT2D eigenvalue weighted by Gasteiger charge is -2.18. The lowest BCUT2D eigenvalue weighted by molar-refractivity contribution is 0.591. The number of hydrogen-bond donors (Lipinski definition) is 1. The van der Waals surface area contributed by atoms with Gasteiger partial charge in [0.2, 0.25) is 0 Å². The highest BCUT2D eigenvalue weighted by Crippen LogP contribution is 2.36. The Balaban J connectivity index is 1.88. The molecule has 0 saturated carbocycles. The average Bonchev–Trinajstić information content (AvgIpc) is 2.99. The van der Waals surface area contributed by atoms with Crippen molar-refractivity contribution >= 4 is 21.6 Å². The standard InChI is InChI=1S/C18H17N3S/c1-12-20-15-11-16(13-7-3-2-4-8-13)22-18(15)17(21-12)14-9-5-6-10-19-14/h2-5,7-9,11,14,19H,6,10H2,1H3. The summed E-state index contributed by atoms with van der Waals surface area (Å²) in [5, 5.41) is 3.53. The molecular formula is C18H17N3S. The van der Waals surface area contributed by atoms with Crippen LogP contribution in [0.2, 0.25) is 0 Å². The zero-order valence-electron chi connectivity index (χ0n) is 12.4. The Morgan fingerprint density at radius 3 is 2.82 bits per heavy atom. The molecule has 1 aliphatic rings. The maximum atomic E-state index is 4.72. The SMILES string of the molecule is Cc1nc(C2C=CCCN2)c2sc(-c3ccccc3)cc2n1. The maximum absolute atomic E-state index is 4.72. The van der Waals surface area contributed by atoms with Crippen molar-refractivity contribution < 1.29 is 0 Å². The minimum absolute atomic E-state index is 0.195. The van der Waals surface area contributed by atoms with Gasteiger partial charge in [-0.1, -0.05) is 42.5 Å². The Labute approximate surface area is 133 Å². The highest BCUT2D eigenvalue weighted by molar-refractivity contribution is 7.22. The molecule has 0 spiro atoms. The van der Waals surface area contributed by atoms with Crippen LogP contribution in [-0.2, 0) is 0 Å². The molecule has 4 rings (SSSR count). The van der Waals surface area contributed by atoms with Crippen molar-refractivity contribution in [3.63, 3.8) is 0 Å². The molecule has 0 fully saturated rings. The van der Waals surface area contributed by atoms with Crippen LogP contribution in [-0.4, -0.2) is 16.5 Å². The lowest BCUT2D eigenvalue weighted by atomic mass is 10.1. The van der Waals surface area contributed by atoms with E-state index in [9.17, 15) is 0 Å². The first-order chi connectivity index (χ1) is 10.8. The van der Waals surface area contributed by atoms with Crippen molar-refractivity contribution in [1.29, 1.82) is 0 Å². The summed E-state index contributed by atoms with van der Waals surface area (Å²) in [6, 6.07) is 12.8. The van der Waals surface area contributed by atoms with E-state index in [1.54, 1.807) is 11.3 Å². The normalized spacial score (nSPS) is 18.0. The number of thiophene rings is 1. The number of fused-ring (bicyclic) bond motifs is 1. The van der Waals surface area contributed by atoms with Crippen LogP contribution in [0.4, 0.5) is 0 Å². The van der Waals surface area contributed by atoms with Crippen molar-refractivity contribution in [3.8, 4) is 10.4 Å². The molecule has 0 radical (unpaired) electrons. The van der Waals surface area contributed by atoms with E-state index >= 15 is 0 Å². The van der Waals surface area contributed by atoms with Crippen LogP contribution in [0.15, 0.2) is 48.6 Å². The van der Waals surface area contributed by atoms with Crippen molar-refractivity contribution in [1.82, 2.24) is 15.3 Å². The van der Waals surface area contributed by atoms with Gasteiger partial charge in [-0.15, -0.1) is 11.3 Å². The van der Waals surface area contributed by atoms with E-state index in [4.69, 9.17) is 4.98 Å². The number of aromatic nitrogens is 2. The molecule has 3 nitrogen and oxygen atoms in total. The quantitative estimate of drug-likeness (QED) is 0.719. The van der Waals surface area contributed by atoms with E-state index < -0.39 is 0 Å². The summed E-state index contributed by atoms with van der Waals surface area (Å²) in [5.41, 5.74) is 3.39. The van der Waals surface area contributed by atoms with E-state index in [0.29, 0.717) is 0 Å². The fourth-order valence-electron chi connectivity index (χ4n) is 2.84. The van der Waals surface area contributed by atoms with E-state index in [1.807, 2.05) is 13.0 Å². The number of benzene rings is 1. The molecule has 3 aromatic rings. The molecule has 0 amide bonds. The fraction of sp³-hybridized carbons (Fsp3) is 0.222. The molecule has 1 unspecified atom stereocenters. The second-order valence-corrected chi connectivity index (χ2v) is 6.55. The van der Waals surface area contributed by atoms with Gasteiger partial charge in [-0.05, 0) is 31.5 Å². The van der Waals surface area contributed by atoms with E-state index in [0.717, 1.165) is 30.0 Å². The third kappa shape index (κ3) is 2.45. The monoisotopic (exact) mass is 307 g/mol. The zero-order chi connectivity index (χ0) is 14.9. The van der Waals surface area contributed by atoms with Crippen LogP contribution < -0.4 is 5.32 Å². The Bertz CT molecular complexity index is 836. The fourth-order valence-corrected chi connectivity index (χ4v) is 3.97. The molecule has 0 bridgehead atoms. The number of nitrogens with zero attached hydrogens (tertiary/aromatic N) is 2. The van der Waals surface area contributed by atoms with Gasteiger partial charge in [0.1, 0.15) is 5.82 Å². The van der Waals surface area contributed by atoms with Crippen LogP contribution in [0.3, 0.4) is 0 Å². The van der Waals surface area contributed by atoms with Crippen LogP contribution in [0.1, 0.15) is 24.0 Å². The molecule has 22 heavy (non-hydrogen) atoms. The Morgan fingerprint density at radius 2 is 2.05 bits per heavy atom. The third-order valence-electron chi connectivity index (χ3n) is 3.87. The number of nitrogens with one attached hydrogen (secondary N) is 1. The molecule has 1 N–H and O–H groups in total. The number of aryl methyl sites for hydroxylation is 1. The summed E-state index contributed by atoms with van der Waals surface area (Å²) < 4.78 is 1.19. The summed E-state index contributed by atoms with van der Waals surface area (Å²) in [5.74, 6) is 0.834. The first-order valence-corrected chi connectivity index (χ1v) is 8.36. The maximum Gasteiger partial charge on any atom is 0.126 e. The first-order valence-electron chi connectivity index (χ1n) is 7.55. The molecular weight excluding hydrogens is 290 g/mol. The van der Waals surface area contributed by atoms with Gasteiger partial charge >= 0.3 is 0 Å². The molecule has 0 saturated heterocycles. The topological polar surface area (TPSA) is 37.8 Å². The summed E-state index contributed by atoms with van der Waals surface area (Å²) in [7, 11) is 0. The van der Waals surface area contributed by atoms with Crippen molar-refractivity contribution in [2.75, 3.05) is 6.54 Å². The van der Waals surface area contributed by atoms with E-state index in [1.165, 1.54) is 15.1 Å². The smallest absolute Gasteiger partial charge is 0.126 e. The van der Waals surface area contributed by atoms with Crippen molar-refractivity contribution in [3.05, 3.63) is 60.1 Å². The molecule has 2 aromatic heterocycles. The summed E-state index contributed by atoms with van der Waals surface area (Å²) >= 11 is 1.78. The predicted octanol–water partition coefficient (Wildman–Crippen LogP) is 4.26. The van der Waals surface area contributed by atoms with Gasteiger partial charge in [0, 0.05) is 4.88 Å². The third-order valence-corrected chi connectivity index (χ3v) is 5.06. The molecule has 1 atom stereocenters. The van der Waals surface area contributed by atoms with Crippen LogP contribution in [0, 0.1) is 6.92 Å². The Hall–Kier alpha value is -2.04. The summed E-state index contributed by atoms with van der Waals surface area (Å²) in [4.78, 5) is 10.6. The Kier molecular flexibility index (Phi) is 3.48. The van der Waals surface area contributed by atoms with Gasteiger partial charge in [0.25, 0.3) is 0 Å². The van der Waals surface area contributed by atoms with Gasteiger partial charge in [-0.3, -0.25) is 0 Å². The molecule has 1 aliphatic heterocycles. The molecule has 4 heteroatoms. The molecule has 110 valence electrons. The predicted molar refractivity (Wildman–Crippen MR) is 92.1 cm³/mol. The average molecular weight is 307 g/mol. The van der Waals surface area contributed by atoms with Crippen LogP contribution in [0.5, 0.6) is 0 Å². The highest BCUT2D eigenvalue weighted by atomic mass is 32.1. The van der Waals surface area contributed by atoms with Crippen molar-refractivity contribution in [2.45, 2.75) is 19.4 Å². The van der Waals surface area contributed by atoms with E-state index in [-0.39, 0.29) is 6.04 Å². The number of rotatable bonds is 2. The van der Waals surface area contributed by atoms with E-state index in [2.05, 4.69) is 52.8 Å². The first kappa shape index (κ1) is 13.6. The second-order valence-electron chi connectivity index (χ2n) is 5.50. The molecule has 0 aliphatic carbocycles. The van der Waals surface area contributed by atoms with Gasteiger partial charge in [0.15, 0.2) is 0 Å².